The third-order valence-electron chi connectivity index (χ3n) is 12.7. The number of hydrogen-bond donors (Lipinski definition) is 0. The maximum atomic E-state index is 12.9. The van der Waals surface area contributed by atoms with Gasteiger partial charge in [0.1, 0.15) is 13.2 Å². The number of ether oxygens (including phenoxy) is 3. The second-order valence-corrected chi connectivity index (χ2v) is 20.2. The fourth-order valence-corrected chi connectivity index (χ4v) is 8.02. The second-order valence-electron chi connectivity index (χ2n) is 20.2. The standard InChI is InChI=1S/C73H114O6/c1-4-7-10-13-16-19-22-25-28-30-32-34-36-38-40-42-45-48-51-54-57-60-63-66-72(75)78-69-70(68-77-71(74)65-62-59-56-53-50-47-44-27-24-21-18-15-12-9-6-3)79-73(76)67-64-61-58-55-52-49-46-43-41-39-37-35-33-31-29-26-23-20-17-14-11-8-5-2/h7-8,10-11,16-21,25-29,32-35,38-41,44-45,48,54,57,70H,4-6,9,12-15,22-24,30-31,36-37,42-43,46-47,49-53,55-56,58-69H2,1-3H3/b10-7-,11-8-,19-16-,20-17-,21-18-,28-25-,29-26-,34-32-,35-33-,40-38-,41-39-,44-27-,48-45-,57-54-. The zero-order valence-corrected chi connectivity index (χ0v) is 50.6. The van der Waals surface area contributed by atoms with Crippen LogP contribution in [-0.2, 0) is 28.6 Å². The van der Waals surface area contributed by atoms with Crippen LogP contribution in [0.2, 0.25) is 0 Å². The Morgan fingerprint density at radius 3 is 0.823 bits per heavy atom. The molecule has 0 saturated heterocycles. The smallest absolute Gasteiger partial charge is 0.306 e. The molecule has 79 heavy (non-hydrogen) atoms. The Morgan fingerprint density at radius 1 is 0.266 bits per heavy atom. The minimum absolute atomic E-state index is 0.116. The van der Waals surface area contributed by atoms with E-state index < -0.39 is 6.10 Å². The van der Waals surface area contributed by atoms with Gasteiger partial charge >= 0.3 is 17.9 Å². The topological polar surface area (TPSA) is 78.9 Å². The molecule has 0 saturated carbocycles. The van der Waals surface area contributed by atoms with Gasteiger partial charge in [-0.15, -0.1) is 0 Å². The van der Waals surface area contributed by atoms with Gasteiger partial charge in [0.05, 0.1) is 0 Å². The summed E-state index contributed by atoms with van der Waals surface area (Å²) < 4.78 is 16.9. The van der Waals surface area contributed by atoms with E-state index in [1.165, 1.54) is 44.9 Å². The molecular weight excluding hydrogens is 973 g/mol. The molecule has 0 bridgehead atoms. The van der Waals surface area contributed by atoms with E-state index in [0.717, 1.165) is 161 Å². The van der Waals surface area contributed by atoms with Crippen LogP contribution in [0.15, 0.2) is 170 Å². The number of esters is 3. The predicted octanol–water partition coefficient (Wildman–Crippen LogP) is 21.9. The minimum atomic E-state index is -0.825. The summed E-state index contributed by atoms with van der Waals surface area (Å²) in [6.45, 7) is 6.31. The fourth-order valence-electron chi connectivity index (χ4n) is 8.02. The lowest BCUT2D eigenvalue weighted by Crippen LogP contribution is -2.30. The lowest BCUT2D eigenvalue weighted by molar-refractivity contribution is -0.167. The first-order chi connectivity index (χ1) is 39.0. The average molecular weight is 1090 g/mol. The van der Waals surface area contributed by atoms with Gasteiger partial charge in [-0.2, -0.15) is 0 Å². The number of carbonyl (C=O) groups excluding carboxylic acids is 3. The molecule has 6 nitrogen and oxygen atoms in total. The molecule has 0 aromatic rings. The van der Waals surface area contributed by atoms with Crippen molar-refractivity contribution >= 4 is 17.9 Å². The molecule has 0 heterocycles. The van der Waals surface area contributed by atoms with Crippen molar-refractivity contribution in [2.75, 3.05) is 13.2 Å². The maximum Gasteiger partial charge on any atom is 0.306 e. The van der Waals surface area contributed by atoms with Gasteiger partial charge in [0, 0.05) is 19.3 Å². The van der Waals surface area contributed by atoms with Crippen LogP contribution in [0.3, 0.4) is 0 Å². The molecule has 1 unspecified atom stereocenters. The van der Waals surface area contributed by atoms with Crippen molar-refractivity contribution in [1.82, 2.24) is 0 Å². The van der Waals surface area contributed by atoms with Gasteiger partial charge in [-0.05, 0) is 148 Å². The molecule has 6 heteroatoms. The monoisotopic (exact) mass is 1090 g/mol. The number of carbonyl (C=O) groups is 3. The van der Waals surface area contributed by atoms with E-state index in [1.807, 2.05) is 0 Å². The number of rotatable bonds is 55. The lowest BCUT2D eigenvalue weighted by Gasteiger charge is -2.18. The van der Waals surface area contributed by atoms with Crippen LogP contribution < -0.4 is 0 Å². The van der Waals surface area contributed by atoms with Crippen LogP contribution in [-0.4, -0.2) is 37.2 Å². The van der Waals surface area contributed by atoms with Gasteiger partial charge in [0.25, 0.3) is 0 Å². The van der Waals surface area contributed by atoms with Crippen LogP contribution in [0, 0.1) is 0 Å². The molecule has 0 amide bonds. The largest absolute Gasteiger partial charge is 0.462 e. The summed E-state index contributed by atoms with van der Waals surface area (Å²) in [5.74, 6) is -1.01. The Balaban J connectivity index is 4.55. The molecule has 0 rings (SSSR count). The van der Waals surface area contributed by atoms with Crippen molar-refractivity contribution in [1.29, 1.82) is 0 Å². The first kappa shape index (κ1) is 73.8. The summed E-state index contributed by atoms with van der Waals surface area (Å²) in [6, 6.07) is 0. The Kier molecular flexibility index (Phi) is 61.0. The molecule has 0 fully saturated rings. The molecule has 0 radical (unpaired) electrons. The Bertz CT molecular complexity index is 1820. The highest BCUT2D eigenvalue weighted by Crippen LogP contribution is 2.13. The quantitative estimate of drug-likeness (QED) is 0.0261. The highest BCUT2D eigenvalue weighted by atomic mass is 16.6. The normalized spacial score (nSPS) is 13.3. The SMILES string of the molecule is CC/C=C\C/C=C\C/C=C\C/C=C\C/C=C\C/C=C\C/C=C\CCCC(=O)OCC(COC(=O)CCCCCCC/C=C\C/C=C\CCCCC)OC(=O)CCCCCCCCC/C=C\C/C=C\C/C=C\C/C=C\C/C=C\CC. The van der Waals surface area contributed by atoms with Crippen molar-refractivity contribution in [3.63, 3.8) is 0 Å². The minimum Gasteiger partial charge on any atom is -0.462 e. The van der Waals surface area contributed by atoms with Gasteiger partial charge in [-0.1, -0.05) is 255 Å². The number of unbranched alkanes of at least 4 members (excludes halogenated alkanes) is 16. The van der Waals surface area contributed by atoms with Gasteiger partial charge in [-0.3, -0.25) is 14.4 Å². The molecule has 442 valence electrons. The van der Waals surface area contributed by atoms with E-state index in [4.69, 9.17) is 14.2 Å². The van der Waals surface area contributed by atoms with Crippen molar-refractivity contribution in [3.05, 3.63) is 170 Å². The van der Waals surface area contributed by atoms with E-state index >= 15 is 0 Å². The molecule has 0 aromatic heterocycles. The zero-order valence-electron chi connectivity index (χ0n) is 50.6. The van der Waals surface area contributed by atoms with Crippen molar-refractivity contribution < 1.29 is 28.6 Å². The van der Waals surface area contributed by atoms with Gasteiger partial charge in [0.15, 0.2) is 6.10 Å². The van der Waals surface area contributed by atoms with Crippen molar-refractivity contribution in [2.45, 2.75) is 258 Å². The molecule has 0 aliphatic heterocycles. The molecular formula is C73H114O6. The van der Waals surface area contributed by atoms with Gasteiger partial charge in [0.2, 0.25) is 0 Å². The summed E-state index contributed by atoms with van der Waals surface area (Å²) in [5, 5.41) is 0. The van der Waals surface area contributed by atoms with Crippen LogP contribution in [0.5, 0.6) is 0 Å². The summed E-state index contributed by atoms with van der Waals surface area (Å²) in [7, 11) is 0. The fraction of sp³-hybridized carbons (Fsp3) is 0.575. The molecule has 1 atom stereocenters. The first-order valence-corrected chi connectivity index (χ1v) is 31.6. The maximum absolute atomic E-state index is 12.9. The summed E-state index contributed by atoms with van der Waals surface area (Å²) in [6.07, 6.45) is 96.4. The Labute approximate surface area is 485 Å². The van der Waals surface area contributed by atoms with Crippen molar-refractivity contribution in [3.8, 4) is 0 Å². The van der Waals surface area contributed by atoms with E-state index in [1.54, 1.807) is 0 Å². The lowest BCUT2D eigenvalue weighted by atomic mass is 10.1. The molecule has 0 aliphatic carbocycles. The third-order valence-corrected chi connectivity index (χ3v) is 12.7. The van der Waals surface area contributed by atoms with E-state index in [2.05, 4.69) is 191 Å². The molecule has 0 aliphatic rings. The van der Waals surface area contributed by atoms with Crippen LogP contribution >= 0.6 is 0 Å². The molecule has 0 spiro atoms. The average Bonchev–Trinajstić information content (AvgIpc) is 3.45. The van der Waals surface area contributed by atoms with Crippen LogP contribution in [0.1, 0.15) is 252 Å². The summed E-state index contributed by atoms with van der Waals surface area (Å²) in [4.78, 5) is 38.3. The Hall–Kier alpha value is -5.23. The molecule has 0 N–H and O–H groups in total. The van der Waals surface area contributed by atoms with Crippen molar-refractivity contribution in [2.24, 2.45) is 0 Å². The van der Waals surface area contributed by atoms with E-state index in [-0.39, 0.29) is 37.5 Å². The highest BCUT2D eigenvalue weighted by Gasteiger charge is 2.19. The molecule has 0 aromatic carbocycles. The first-order valence-electron chi connectivity index (χ1n) is 31.6. The van der Waals surface area contributed by atoms with Gasteiger partial charge < -0.3 is 14.2 Å². The van der Waals surface area contributed by atoms with Crippen LogP contribution in [0.25, 0.3) is 0 Å². The van der Waals surface area contributed by atoms with E-state index in [9.17, 15) is 14.4 Å². The Morgan fingerprint density at radius 2 is 0.506 bits per heavy atom. The third kappa shape index (κ3) is 63.5. The highest BCUT2D eigenvalue weighted by molar-refractivity contribution is 5.71. The van der Waals surface area contributed by atoms with E-state index in [0.29, 0.717) is 19.3 Å². The predicted molar refractivity (Wildman–Crippen MR) is 343 cm³/mol. The summed E-state index contributed by atoms with van der Waals surface area (Å²) in [5.41, 5.74) is 0. The zero-order chi connectivity index (χ0) is 57.1. The summed E-state index contributed by atoms with van der Waals surface area (Å²) >= 11 is 0. The second kappa shape index (κ2) is 65.3. The van der Waals surface area contributed by atoms with Gasteiger partial charge in [-0.25, -0.2) is 0 Å². The number of hydrogen-bond acceptors (Lipinski definition) is 6. The van der Waals surface area contributed by atoms with Crippen LogP contribution in [0.4, 0.5) is 0 Å². The number of allylic oxidation sites excluding steroid dienone is 28.